The molecule has 3 aromatic rings. The molecule has 0 unspecified atom stereocenters. The summed E-state index contributed by atoms with van der Waals surface area (Å²) in [6.07, 6.45) is 1.25. The molecule has 106 valence electrons. The number of benzene rings is 2. The third-order valence-corrected chi connectivity index (χ3v) is 3.92. The van der Waals surface area contributed by atoms with Gasteiger partial charge in [-0.15, -0.1) is 0 Å². The Morgan fingerprint density at radius 3 is 2.62 bits per heavy atom. The van der Waals surface area contributed by atoms with Gasteiger partial charge in [0.15, 0.2) is 0 Å². The molecule has 1 atom stereocenters. The van der Waals surface area contributed by atoms with Crippen LogP contribution < -0.4 is 4.74 Å². The van der Waals surface area contributed by atoms with Gasteiger partial charge in [-0.2, -0.15) is 0 Å². The zero-order chi connectivity index (χ0) is 14.8. The van der Waals surface area contributed by atoms with Crippen molar-refractivity contribution in [1.29, 1.82) is 0 Å². The van der Waals surface area contributed by atoms with Crippen LogP contribution in [0.1, 0.15) is 18.6 Å². The van der Waals surface area contributed by atoms with Crippen LogP contribution in [0, 0.1) is 0 Å². The summed E-state index contributed by atoms with van der Waals surface area (Å²) in [5, 5.41) is 10.7. The highest BCUT2D eigenvalue weighted by atomic mass is 79.9. The van der Waals surface area contributed by atoms with Gasteiger partial charge >= 0.3 is 0 Å². The minimum atomic E-state index is -0.515. The molecule has 21 heavy (non-hydrogen) atoms. The topological polar surface area (TPSA) is 42.4 Å². The van der Waals surface area contributed by atoms with Crippen LogP contribution in [-0.2, 0) is 0 Å². The van der Waals surface area contributed by atoms with Gasteiger partial charge in [0.1, 0.15) is 11.5 Å². The van der Waals surface area contributed by atoms with E-state index in [1.54, 1.807) is 13.1 Å². The fourth-order valence-corrected chi connectivity index (χ4v) is 2.85. The summed E-state index contributed by atoms with van der Waals surface area (Å²) in [6, 6.07) is 15.3. The molecule has 0 amide bonds. The highest BCUT2D eigenvalue weighted by Gasteiger charge is 2.08. The molecular weight excluding hydrogens is 330 g/mol. The number of hydrogen-bond donors (Lipinski definition) is 1. The highest BCUT2D eigenvalue weighted by molar-refractivity contribution is 9.10. The minimum Gasteiger partial charge on any atom is -0.457 e. The second-order valence-corrected chi connectivity index (χ2v) is 5.67. The molecule has 0 fully saturated rings. The molecule has 0 bridgehead atoms. The van der Waals surface area contributed by atoms with Crippen LogP contribution in [0.3, 0.4) is 0 Å². The van der Waals surface area contributed by atoms with E-state index in [0.717, 1.165) is 26.7 Å². The number of aromatic nitrogens is 1. The standard InChI is InChI=1S/C17H14BrNO2/c1-11(20)15-7-6-13(9-16(15)18)21-14-5-4-12-3-2-8-19-17(12)10-14/h2-11,20H,1H3/t11-/m1/s1. The van der Waals surface area contributed by atoms with Crippen LogP contribution in [0.25, 0.3) is 10.9 Å². The van der Waals surface area contributed by atoms with E-state index in [1.807, 2.05) is 48.5 Å². The molecule has 3 nitrogen and oxygen atoms in total. The summed E-state index contributed by atoms with van der Waals surface area (Å²) in [5.74, 6) is 1.44. The highest BCUT2D eigenvalue weighted by Crippen LogP contribution is 2.31. The SMILES string of the molecule is C[C@@H](O)c1ccc(Oc2ccc3cccnc3c2)cc1Br. The van der Waals surface area contributed by atoms with Crippen molar-refractivity contribution in [1.82, 2.24) is 4.98 Å². The normalized spacial score (nSPS) is 12.3. The van der Waals surface area contributed by atoms with Crippen LogP contribution in [-0.4, -0.2) is 10.1 Å². The van der Waals surface area contributed by atoms with E-state index in [1.165, 1.54) is 0 Å². The minimum absolute atomic E-state index is 0.515. The van der Waals surface area contributed by atoms with E-state index in [4.69, 9.17) is 4.74 Å². The van der Waals surface area contributed by atoms with Gasteiger partial charge in [0.05, 0.1) is 11.6 Å². The van der Waals surface area contributed by atoms with E-state index < -0.39 is 6.10 Å². The number of aliphatic hydroxyl groups is 1. The Balaban J connectivity index is 1.89. The maximum Gasteiger partial charge on any atom is 0.129 e. The van der Waals surface area contributed by atoms with Gasteiger partial charge in [0, 0.05) is 22.1 Å². The lowest BCUT2D eigenvalue weighted by atomic mass is 10.1. The number of nitrogens with zero attached hydrogens (tertiary/aromatic N) is 1. The van der Waals surface area contributed by atoms with Gasteiger partial charge in [-0.1, -0.05) is 28.1 Å². The van der Waals surface area contributed by atoms with Crippen LogP contribution in [0.15, 0.2) is 59.2 Å². The number of aliphatic hydroxyl groups excluding tert-OH is 1. The predicted molar refractivity (Wildman–Crippen MR) is 86.6 cm³/mol. The molecular formula is C17H14BrNO2. The molecule has 1 N–H and O–H groups in total. The number of fused-ring (bicyclic) bond motifs is 1. The summed E-state index contributed by atoms with van der Waals surface area (Å²) in [4.78, 5) is 4.32. The first kappa shape index (κ1) is 14.0. The quantitative estimate of drug-likeness (QED) is 0.739. The average Bonchev–Trinajstić information content (AvgIpc) is 2.47. The summed E-state index contributed by atoms with van der Waals surface area (Å²) < 4.78 is 6.68. The van der Waals surface area contributed by atoms with Crippen molar-refractivity contribution in [2.75, 3.05) is 0 Å². The van der Waals surface area contributed by atoms with Gasteiger partial charge in [-0.3, -0.25) is 4.98 Å². The van der Waals surface area contributed by atoms with Gasteiger partial charge in [0.25, 0.3) is 0 Å². The Kier molecular flexibility index (Phi) is 3.90. The van der Waals surface area contributed by atoms with Crippen molar-refractivity contribution in [3.63, 3.8) is 0 Å². The van der Waals surface area contributed by atoms with Crippen molar-refractivity contribution in [2.24, 2.45) is 0 Å². The molecule has 1 aromatic heterocycles. The zero-order valence-corrected chi connectivity index (χ0v) is 13.0. The number of halogens is 1. The molecule has 0 saturated heterocycles. The van der Waals surface area contributed by atoms with E-state index in [0.29, 0.717) is 5.75 Å². The molecule has 0 aliphatic rings. The van der Waals surface area contributed by atoms with Crippen molar-refractivity contribution >= 4 is 26.8 Å². The van der Waals surface area contributed by atoms with Crippen LogP contribution >= 0.6 is 15.9 Å². The number of rotatable bonds is 3. The third kappa shape index (κ3) is 3.06. The van der Waals surface area contributed by atoms with E-state index in [2.05, 4.69) is 20.9 Å². The maximum absolute atomic E-state index is 9.62. The van der Waals surface area contributed by atoms with Crippen LogP contribution in [0.4, 0.5) is 0 Å². The lowest BCUT2D eigenvalue weighted by Gasteiger charge is -2.11. The average molecular weight is 344 g/mol. The summed E-state index contributed by atoms with van der Waals surface area (Å²) >= 11 is 3.45. The number of hydrogen-bond acceptors (Lipinski definition) is 3. The molecule has 0 aliphatic carbocycles. The molecule has 2 aromatic carbocycles. The largest absolute Gasteiger partial charge is 0.457 e. The summed E-state index contributed by atoms with van der Waals surface area (Å²) in [5.41, 5.74) is 1.73. The van der Waals surface area contributed by atoms with Crippen LogP contribution in [0.5, 0.6) is 11.5 Å². The second-order valence-electron chi connectivity index (χ2n) is 4.82. The van der Waals surface area contributed by atoms with Crippen molar-refractivity contribution in [3.05, 3.63) is 64.8 Å². The molecule has 0 spiro atoms. The zero-order valence-electron chi connectivity index (χ0n) is 11.5. The van der Waals surface area contributed by atoms with Crippen LogP contribution in [0.2, 0.25) is 0 Å². The Bertz CT molecular complexity index is 787. The van der Waals surface area contributed by atoms with Gasteiger partial charge < -0.3 is 9.84 Å². The van der Waals surface area contributed by atoms with E-state index in [9.17, 15) is 5.11 Å². The molecule has 3 rings (SSSR count). The smallest absolute Gasteiger partial charge is 0.129 e. The Morgan fingerprint density at radius 1 is 1.10 bits per heavy atom. The Morgan fingerprint density at radius 2 is 1.86 bits per heavy atom. The van der Waals surface area contributed by atoms with E-state index in [-0.39, 0.29) is 0 Å². The molecule has 4 heteroatoms. The first-order chi connectivity index (χ1) is 10.1. The third-order valence-electron chi connectivity index (χ3n) is 3.24. The molecule has 1 heterocycles. The second kappa shape index (κ2) is 5.84. The van der Waals surface area contributed by atoms with E-state index >= 15 is 0 Å². The first-order valence-corrected chi connectivity index (χ1v) is 7.43. The predicted octanol–water partition coefficient (Wildman–Crippen LogP) is 4.84. The number of ether oxygens (including phenoxy) is 1. The first-order valence-electron chi connectivity index (χ1n) is 6.63. The Hall–Kier alpha value is -1.91. The molecule has 0 aliphatic heterocycles. The van der Waals surface area contributed by atoms with Gasteiger partial charge in [0.2, 0.25) is 0 Å². The summed E-state index contributed by atoms with van der Waals surface area (Å²) in [6.45, 7) is 1.73. The fraction of sp³-hybridized carbons (Fsp3) is 0.118. The number of pyridine rings is 1. The maximum atomic E-state index is 9.62. The fourth-order valence-electron chi connectivity index (χ4n) is 2.16. The summed E-state index contributed by atoms with van der Waals surface area (Å²) in [7, 11) is 0. The van der Waals surface area contributed by atoms with Gasteiger partial charge in [-0.05, 0) is 42.8 Å². The lowest BCUT2D eigenvalue weighted by Crippen LogP contribution is -1.93. The lowest BCUT2D eigenvalue weighted by molar-refractivity contribution is 0.198. The van der Waals surface area contributed by atoms with Crippen molar-refractivity contribution in [3.8, 4) is 11.5 Å². The monoisotopic (exact) mass is 343 g/mol. The molecule has 0 saturated carbocycles. The van der Waals surface area contributed by atoms with Gasteiger partial charge in [-0.25, -0.2) is 0 Å². The van der Waals surface area contributed by atoms with Crippen molar-refractivity contribution < 1.29 is 9.84 Å². The Labute approximate surface area is 131 Å². The van der Waals surface area contributed by atoms with Crippen molar-refractivity contribution in [2.45, 2.75) is 13.0 Å². The molecule has 0 radical (unpaired) electrons.